The largest absolute Gasteiger partial charge is 0.378 e. The molecule has 0 aromatic carbocycles. The number of aryl methyl sites for hydroxylation is 2. The van der Waals surface area contributed by atoms with Gasteiger partial charge in [0.25, 0.3) is 10.0 Å². The molecule has 0 amide bonds. The molecule has 1 aliphatic rings. The van der Waals surface area contributed by atoms with E-state index in [1.807, 2.05) is 0 Å². The van der Waals surface area contributed by atoms with Crippen LogP contribution in [-0.4, -0.2) is 50.3 Å². The summed E-state index contributed by atoms with van der Waals surface area (Å²) in [7, 11) is -0.257. The molecule has 1 fully saturated rings. The molecule has 0 radical (unpaired) electrons. The van der Waals surface area contributed by atoms with Crippen LogP contribution in [0.1, 0.15) is 5.82 Å². The molecule has 2 heterocycles. The van der Waals surface area contributed by atoms with Crippen LogP contribution in [0.25, 0.3) is 0 Å². The third kappa shape index (κ3) is 2.56. The SMILES string of the molecule is CO[C@H]1CNCC1NS(=O)(=O)c1cn(C)c(C)n1. The molecule has 8 heteroatoms. The Morgan fingerprint density at radius 2 is 2.28 bits per heavy atom. The van der Waals surface area contributed by atoms with Crippen LogP contribution in [0.2, 0.25) is 0 Å². The fourth-order valence-corrected chi connectivity index (χ4v) is 3.24. The zero-order chi connectivity index (χ0) is 13.3. The summed E-state index contributed by atoms with van der Waals surface area (Å²) < 4.78 is 33.8. The first kappa shape index (κ1) is 13.5. The van der Waals surface area contributed by atoms with Crippen LogP contribution in [0.4, 0.5) is 0 Å². The van der Waals surface area contributed by atoms with E-state index in [0.717, 1.165) is 0 Å². The van der Waals surface area contributed by atoms with Crippen molar-refractivity contribution in [2.24, 2.45) is 7.05 Å². The molecular weight excluding hydrogens is 256 g/mol. The molecule has 18 heavy (non-hydrogen) atoms. The van der Waals surface area contributed by atoms with Crippen LogP contribution in [-0.2, 0) is 21.8 Å². The lowest BCUT2D eigenvalue weighted by Gasteiger charge is -2.17. The molecule has 0 aliphatic carbocycles. The predicted octanol–water partition coefficient (Wildman–Crippen LogP) is -1.01. The van der Waals surface area contributed by atoms with Crippen molar-refractivity contribution in [1.82, 2.24) is 19.6 Å². The van der Waals surface area contributed by atoms with Crippen LogP contribution < -0.4 is 10.0 Å². The summed E-state index contributed by atoms with van der Waals surface area (Å²) in [6.07, 6.45) is 1.35. The number of aromatic nitrogens is 2. The number of ether oxygens (including phenoxy) is 1. The zero-order valence-electron chi connectivity index (χ0n) is 10.7. The molecular formula is C10H18N4O3S. The number of nitrogens with one attached hydrogen (secondary N) is 2. The zero-order valence-corrected chi connectivity index (χ0v) is 11.5. The van der Waals surface area contributed by atoms with Gasteiger partial charge >= 0.3 is 0 Å². The molecule has 0 bridgehead atoms. The maximum atomic E-state index is 12.1. The second kappa shape index (κ2) is 4.96. The minimum atomic E-state index is -3.59. The molecule has 102 valence electrons. The maximum absolute atomic E-state index is 12.1. The molecule has 2 N–H and O–H groups in total. The summed E-state index contributed by atoms with van der Waals surface area (Å²) in [6.45, 7) is 2.96. The smallest absolute Gasteiger partial charge is 0.259 e. The van der Waals surface area contributed by atoms with E-state index in [1.54, 1.807) is 25.6 Å². The van der Waals surface area contributed by atoms with Crippen LogP contribution >= 0.6 is 0 Å². The van der Waals surface area contributed by atoms with Crippen molar-refractivity contribution < 1.29 is 13.2 Å². The van der Waals surface area contributed by atoms with E-state index in [4.69, 9.17) is 4.74 Å². The Kier molecular flexibility index (Phi) is 3.71. The van der Waals surface area contributed by atoms with Crippen molar-refractivity contribution >= 4 is 10.0 Å². The predicted molar refractivity (Wildman–Crippen MR) is 65.7 cm³/mol. The maximum Gasteiger partial charge on any atom is 0.259 e. The number of nitrogens with zero attached hydrogens (tertiary/aromatic N) is 2. The number of sulfonamides is 1. The Hall–Kier alpha value is -0.960. The lowest BCUT2D eigenvalue weighted by molar-refractivity contribution is 0.103. The standard InChI is InChI=1S/C10H18N4O3S/c1-7-12-10(6-14(7)2)18(15,16)13-8-4-11-5-9(8)17-3/h6,8-9,11,13H,4-5H2,1-3H3/t8?,9-/m0/s1. The first-order chi connectivity index (χ1) is 8.44. The molecule has 1 aliphatic heterocycles. The Morgan fingerprint density at radius 3 is 2.83 bits per heavy atom. The summed E-state index contributed by atoms with van der Waals surface area (Å²) in [4.78, 5) is 4.03. The fraction of sp³-hybridized carbons (Fsp3) is 0.700. The molecule has 1 aromatic heterocycles. The topological polar surface area (TPSA) is 85.3 Å². The highest BCUT2D eigenvalue weighted by molar-refractivity contribution is 7.89. The second-order valence-corrected chi connectivity index (χ2v) is 6.06. The van der Waals surface area contributed by atoms with Gasteiger partial charge in [0.2, 0.25) is 0 Å². The quantitative estimate of drug-likeness (QED) is 0.735. The van der Waals surface area contributed by atoms with Gasteiger partial charge in [-0.05, 0) is 6.92 Å². The lowest BCUT2D eigenvalue weighted by atomic mass is 10.2. The number of rotatable bonds is 4. The second-order valence-electron chi connectivity index (χ2n) is 4.40. The molecule has 7 nitrogen and oxygen atoms in total. The van der Waals surface area contributed by atoms with Crippen LogP contribution in [0, 0.1) is 6.92 Å². The van der Waals surface area contributed by atoms with E-state index in [0.29, 0.717) is 18.9 Å². The van der Waals surface area contributed by atoms with Gasteiger partial charge in [0.1, 0.15) is 5.82 Å². The van der Waals surface area contributed by atoms with Gasteiger partial charge in [0, 0.05) is 33.4 Å². The number of methoxy groups -OCH3 is 1. The molecule has 1 unspecified atom stereocenters. The van der Waals surface area contributed by atoms with E-state index < -0.39 is 10.0 Å². The van der Waals surface area contributed by atoms with Crippen molar-refractivity contribution in [1.29, 1.82) is 0 Å². The number of hydrogen-bond donors (Lipinski definition) is 2. The van der Waals surface area contributed by atoms with E-state index in [-0.39, 0.29) is 17.2 Å². The Balaban J connectivity index is 2.17. The Bertz CT molecular complexity index is 506. The first-order valence-electron chi connectivity index (χ1n) is 5.70. The molecule has 0 spiro atoms. The van der Waals surface area contributed by atoms with Gasteiger partial charge in [-0.25, -0.2) is 18.1 Å². The van der Waals surface area contributed by atoms with Gasteiger partial charge in [-0.1, -0.05) is 0 Å². The normalized spacial score (nSPS) is 24.6. The average molecular weight is 274 g/mol. The number of imidazole rings is 1. The van der Waals surface area contributed by atoms with E-state index >= 15 is 0 Å². The van der Waals surface area contributed by atoms with Crippen LogP contribution in [0.5, 0.6) is 0 Å². The highest BCUT2D eigenvalue weighted by Gasteiger charge is 2.32. The summed E-state index contributed by atoms with van der Waals surface area (Å²) in [5.41, 5.74) is 0. The molecule has 2 atom stereocenters. The minimum Gasteiger partial charge on any atom is -0.378 e. The van der Waals surface area contributed by atoms with Gasteiger partial charge < -0.3 is 14.6 Å². The monoisotopic (exact) mass is 274 g/mol. The van der Waals surface area contributed by atoms with Gasteiger partial charge in [-0.2, -0.15) is 0 Å². The van der Waals surface area contributed by atoms with Crippen LogP contribution in [0.3, 0.4) is 0 Å². The Morgan fingerprint density at radius 1 is 1.56 bits per heavy atom. The van der Waals surface area contributed by atoms with E-state index in [2.05, 4.69) is 15.0 Å². The lowest BCUT2D eigenvalue weighted by Crippen LogP contribution is -2.43. The first-order valence-corrected chi connectivity index (χ1v) is 7.18. The highest BCUT2D eigenvalue weighted by atomic mass is 32.2. The van der Waals surface area contributed by atoms with Gasteiger partial charge in [0.05, 0.1) is 12.1 Å². The third-order valence-electron chi connectivity index (χ3n) is 3.13. The third-order valence-corrected chi connectivity index (χ3v) is 4.49. The molecule has 2 rings (SSSR count). The number of hydrogen-bond acceptors (Lipinski definition) is 5. The average Bonchev–Trinajstić information content (AvgIpc) is 2.86. The molecule has 0 saturated carbocycles. The van der Waals surface area contributed by atoms with E-state index in [9.17, 15) is 8.42 Å². The summed E-state index contributed by atoms with van der Waals surface area (Å²) in [5, 5.41) is 3.13. The summed E-state index contributed by atoms with van der Waals surface area (Å²) in [6, 6.07) is -0.262. The van der Waals surface area contributed by atoms with E-state index in [1.165, 1.54) is 6.20 Å². The van der Waals surface area contributed by atoms with Gasteiger partial charge in [-0.3, -0.25) is 0 Å². The van der Waals surface area contributed by atoms with Crippen LogP contribution in [0.15, 0.2) is 11.2 Å². The van der Waals surface area contributed by atoms with Crippen molar-refractivity contribution in [3.8, 4) is 0 Å². The van der Waals surface area contributed by atoms with Crippen molar-refractivity contribution in [3.05, 3.63) is 12.0 Å². The van der Waals surface area contributed by atoms with Gasteiger partial charge in [-0.15, -0.1) is 0 Å². The van der Waals surface area contributed by atoms with Crippen molar-refractivity contribution in [2.75, 3.05) is 20.2 Å². The summed E-state index contributed by atoms with van der Waals surface area (Å²) in [5.74, 6) is 0.656. The highest BCUT2D eigenvalue weighted by Crippen LogP contribution is 2.11. The molecule has 1 aromatic rings. The summed E-state index contributed by atoms with van der Waals surface area (Å²) >= 11 is 0. The van der Waals surface area contributed by atoms with Crippen molar-refractivity contribution in [2.45, 2.75) is 24.1 Å². The minimum absolute atomic E-state index is 0.0456. The fourth-order valence-electron chi connectivity index (χ4n) is 1.94. The van der Waals surface area contributed by atoms with Gasteiger partial charge in [0.15, 0.2) is 5.03 Å². The Labute approximate surface area is 107 Å². The van der Waals surface area contributed by atoms with Crippen molar-refractivity contribution in [3.63, 3.8) is 0 Å². The molecule has 1 saturated heterocycles.